The second kappa shape index (κ2) is 7.84. The summed E-state index contributed by atoms with van der Waals surface area (Å²) in [5.41, 5.74) is 0. The van der Waals surface area contributed by atoms with Gasteiger partial charge >= 0.3 is 0 Å². The Labute approximate surface area is 87.0 Å². The smallest absolute Gasteiger partial charge is 0.141 e. The van der Waals surface area contributed by atoms with Crippen LogP contribution in [0, 0.1) is 11.8 Å². The summed E-state index contributed by atoms with van der Waals surface area (Å²) in [6, 6.07) is 0. The zero-order valence-corrected chi connectivity index (χ0v) is 9.05. The van der Waals surface area contributed by atoms with Gasteiger partial charge in [-0.25, -0.2) is 0 Å². The molecular weight excluding hydrogens is 176 g/mol. The van der Waals surface area contributed by atoms with E-state index in [0.717, 1.165) is 6.42 Å². The van der Waals surface area contributed by atoms with Crippen LogP contribution in [0.2, 0.25) is 0 Å². The van der Waals surface area contributed by atoms with Gasteiger partial charge in [-0.15, -0.1) is 5.92 Å². The van der Waals surface area contributed by atoms with Gasteiger partial charge in [-0.2, -0.15) is 0 Å². The predicted molar refractivity (Wildman–Crippen MR) is 57.1 cm³/mol. The van der Waals surface area contributed by atoms with Gasteiger partial charge in [-0.1, -0.05) is 32.1 Å². The van der Waals surface area contributed by atoms with Crippen LogP contribution in [0.5, 0.6) is 0 Å². The van der Waals surface area contributed by atoms with E-state index in [9.17, 15) is 0 Å². The fourth-order valence-corrected chi connectivity index (χ4v) is 1.40. The van der Waals surface area contributed by atoms with Crippen LogP contribution < -0.4 is 0 Å². The Kier molecular flexibility index (Phi) is 6.47. The van der Waals surface area contributed by atoms with Crippen LogP contribution >= 0.6 is 0 Å². The predicted octanol–water partition coefficient (Wildman–Crippen LogP) is 2.38. The van der Waals surface area contributed by atoms with Crippen molar-refractivity contribution in [3.8, 4) is 11.8 Å². The van der Waals surface area contributed by atoms with Crippen molar-refractivity contribution < 1.29 is 9.47 Å². The second-order valence-electron chi connectivity index (χ2n) is 3.57. The first-order valence-electron chi connectivity index (χ1n) is 5.61. The molecule has 0 aliphatic carbocycles. The molecule has 1 aliphatic heterocycles. The van der Waals surface area contributed by atoms with Crippen LogP contribution in [-0.2, 0) is 9.47 Å². The maximum atomic E-state index is 5.41. The maximum Gasteiger partial charge on any atom is 0.141 e. The number of rotatable bonds is 4. The first-order valence-corrected chi connectivity index (χ1v) is 5.61. The Balaban J connectivity index is 2.00. The van der Waals surface area contributed by atoms with Gasteiger partial charge in [0, 0.05) is 6.42 Å². The first kappa shape index (κ1) is 11.6. The average molecular weight is 196 g/mol. The lowest BCUT2D eigenvalue weighted by molar-refractivity contribution is -0.0636. The number of ether oxygens (including phenoxy) is 2. The van der Waals surface area contributed by atoms with Crippen LogP contribution in [-0.4, -0.2) is 25.9 Å². The zero-order chi connectivity index (χ0) is 10.1. The second-order valence-corrected chi connectivity index (χ2v) is 3.57. The van der Waals surface area contributed by atoms with Crippen LogP contribution in [0.15, 0.2) is 0 Å². The van der Waals surface area contributed by atoms with Gasteiger partial charge in [-0.3, -0.25) is 0 Å². The molecule has 1 rings (SSSR count). The highest BCUT2D eigenvalue weighted by Crippen LogP contribution is 2.02. The molecule has 1 saturated heterocycles. The third kappa shape index (κ3) is 5.26. The molecule has 0 bridgehead atoms. The number of hydrogen-bond acceptors (Lipinski definition) is 2. The molecule has 0 aromatic heterocycles. The van der Waals surface area contributed by atoms with Crippen molar-refractivity contribution in [2.45, 2.75) is 45.1 Å². The molecule has 1 unspecified atom stereocenters. The first-order chi connectivity index (χ1) is 6.93. The zero-order valence-electron chi connectivity index (χ0n) is 9.05. The van der Waals surface area contributed by atoms with E-state index < -0.39 is 0 Å². The molecule has 2 nitrogen and oxygen atoms in total. The molecule has 0 spiro atoms. The van der Waals surface area contributed by atoms with E-state index in [1.807, 2.05) is 0 Å². The number of hydrogen-bond donors (Lipinski definition) is 0. The third-order valence-electron chi connectivity index (χ3n) is 2.23. The highest BCUT2D eigenvalue weighted by Gasteiger charge is 2.09. The minimum absolute atomic E-state index is 0.0231. The van der Waals surface area contributed by atoms with Crippen LogP contribution in [0.3, 0.4) is 0 Å². The Morgan fingerprint density at radius 3 is 2.86 bits per heavy atom. The summed E-state index contributed by atoms with van der Waals surface area (Å²) in [4.78, 5) is 0. The van der Waals surface area contributed by atoms with Crippen molar-refractivity contribution in [2.24, 2.45) is 0 Å². The third-order valence-corrected chi connectivity index (χ3v) is 2.23. The summed E-state index contributed by atoms with van der Waals surface area (Å²) in [5, 5.41) is 0. The van der Waals surface area contributed by atoms with Gasteiger partial charge < -0.3 is 9.47 Å². The Hall–Kier alpha value is -0.520. The number of unbranched alkanes of at least 4 members (excludes halogenated alkanes) is 4. The molecule has 1 fully saturated rings. The Morgan fingerprint density at radius 2 is 2.14 bits per heavy atom. The molecule has 1 aliphatic rings. The van der Waals surface area contributed by atoms with Gasteiger partial charge in [0.2, 0.25) is 0 Å². The Morgan fingerprint density at radius 1 is 1.21 bits per heavy atom. The standard InChI is InChI=1S/C12H20O2/c1-2-3-4-5-6-7-8-12-11-13-9-10-14-12/h12H,2-6,9-11H2,1H3. The lowest BCUT2D eigenvalue weighted by atomic mass is 10.1. The lowest BCUT2D eigenvalue weighted by Gasteiger charge is -2.17. The molecule has 14 heavy (non-hydrogen) atoms. The van der Waals surface area contributed by atoms with E-state index in [4.69, 9.17) is 9.47 Å². The molecule has 2 heteroatoms. The molecule has 0 radical (unpaired) electrons. The van der Waals surface area contributed by atoms with Gasteiger partial charge in [0.1, 0.15) is 6.10 Å². The normalized spacial score (nSPS) is 21.4. The quantitative estimate of drug-likeness (QED) is 0.507. The van der Waals surface area contributed by atoms with Gasteiger partial charge in [0.05, 0.1) is 19.8 Å². The Bertz CT molecular complexity index is 184. The largest absolute Gasteiger partial charge is 0.375 e. The molecule has 80 valence electrons. The lowest BCUT2D eigenvalue weighted by Crippen LogP contribution is -2.27. The van der Waals surface area contributed by atoms with Crippen molar-refractivity contribution in [3.63, 3.8) is 0 Å². The van der Waals surface area contributed by atoms with Gasteiger partial charge in [0.25, 0.3) is 0 Å². The van der Waals surface area contributed by atoms with E-state index in [2.05, 4.69) is 18.8 Å². The topological polar surface area (TPSA) is 18.5 Å². The van der Waals surface area contributed by atoms with Crippen molar-refractivity contribution in [1.29, 1.82) is 0 Å². The van der Waals surface area contributed by atoms with Crippen LogP contribution in [0.4, 0.5) is 0 Å². The molecule has 0 N–H and O–H groups in total. The fourth-order valence-electron chi connectivity index (χ4n) is 1.40. The molecule has 1 heterocycles. The fraction of sp³-hybridized carbons (Fsp3) is 0.833. The molecule has 0 aromatic carbocycles. The SMILES string of the molecule is CCCCCCC#CC1COCCO1. The van der Waals surface area contributed by atoms with Crippen LogP contribution in [0.1, 0.15) is 39.0 Å². The van der Waals surface area contributed by atoms with Crippen molar-refractivity contribution in [3.05, 3.63) is 0 Å². The summed E-state index contributed by atoms with van der Waals surface area (Å²) < 4.78 is 10.7. The highest BCUT2D eigenvalue weighted by atomic mass is 16.6. The molecule has 0 aromatic rings. The maximum absolute atomic E-state index is 5.41. The van der Waals surface area contributed by atoms with Crippen molar-refractivity contribution >= 4 is 0 Å². The molecular formula is C12H20O2. The van der Waals surface area contributed by atoms with Gasteiger partial charge in [-0.05, 0) is 6.42 Å². The minimum Gasteiger partial charge on any atom is -0.375 e. The summed E-state index contributed by atoms with van der Waals surface area (Å²) in [5.74, 6) is 6.26. The van der Waals surface area contributed by atoms with Crippen molar-refractivity contribution in [1.82, 2.24) is 0 Å². The molecule has 0 amide bonds. The summed E-state index contributed by atoms with van der Waals surface area (Å²) in [6.45, 7) is 4.27. The monoisotopic (exact) mass is 196 g/mol. The minimum atomic E-state index is 0.0231. The van der Waals surface area contributed by atoms with Crippen molar-refractivity contribution in [2.75, 3.05) is 19.8 Å². The van der Waals surface area contributed by atoms with E-state index in [1.54, 1.807) is 0 Å². The van der Waals surface area contributed by atoms with Crippen LogP contribution in [0.25, 0.3) is 0 Å². The average Bonchev–Trinajstić information content (AvgIpc) is 2.25. The van der Waals surface area contributed by atoms with Gasteiger partial charge in [0.15, 0.2) is 0 Å². The molecule has 1 atom stereocenters. The van der Waals surface area contributed by atoms with E-state index in [1.165, 1.54) is 25.7 Å². The summed E-state index contributed by atoms with van der Waals surface area (Å²) >= 11 is 0. The summed E-state index contributed by atoms with van der Waals surface area (Å²) in [6.07, 6.45) is 6.15. The van der Waals surface area contributed by atoms with E-state index in [0.29, 0.717) is 19.8 Å². The molecule has 0 saturated carbocycles. The van der Waals surface area contributed by atoms with E-state index >= 15 is 0 Å². The summed E-state index contributed by atoms with van der Waals surface area (Å²) in [7, 11) is 0. The highest BCUT2D eigenvalue weighted by molar-refractivity contribution is 5.05. The van der Waals surface area contributed by atoms with E-state index in [-0.39, 0.29) is 6.10 Å².